The smallest absolute Gasteiger partial charge is 0.0725 e. The van der Waals surface area contributed by atoms with Crippen molar-refractivity contribution in [2.24, 2.45) is 5.92 Å². The molecular weight excluding hydrogens is 314 g/mol. The van der Waals surface area contributed by atoms with Gasteiger partial charge in [-0.05, 0) is 60.3 Å². The van der Waals surface area contributed by atoms with Crippen LogP contribution in [0.4, 0.5) is 5.69 Å². The van der Waals surface area contributed by atoms with E-state index in [-0.39, 0.29) is 11.0 Å². The third-order valence-corrected chi connectivity index (χ3v) is 7.74. The molecule has 2 aromatic carbocycles. The van der Waals surface area contributed by atoms with Crippen LogP contribution in [-0.4, -0.2) is 0 Å². The summed E-state index contributed by atoms with van der Waals surface area (Å²) in [6, 6.07) is 18.7. The van der Waals surface area contributed by atoms with Gasteiger partial charge in [0.1, 0.15) is 0 Å². The highest BCUT2D eigenvalue weighted by atomic mass is 15.1. The van der Waals surface area contributed by atoms with Gasteiger partial charge in [0.25, 0.3) is 0 Å². The maximum absolute atomic E-state index is 4.12. The summed E-state index contributed by atoms with van der Waals surface area (Å²) in [7, 11) is 0. The van der Waals surface area contributed by atoms with Crippen LogP contribution < -0.4 is 5.32 Å². The molecule has 1 spiro atoms. The normalized spacial score (nSPS) is 32.5. The van der Waals surface area contributed by atoms with Gasteiger partial charge >= 0.3 is 0 Å². The fraction of sp³-hybridized carbons (Fsp3) is 0.520. The molecule has 5 rings (SSSR count). The van der Waals surface area contributed by atoms with E-state index in [4.69, 9.17) is 0 Å². The van der Waals surface area contributed by atoms with E-state index in [9.17, 15) is 0 Å². The van der Waals surface area contributed by atoms with E-state index < -0.39 is 0 Å². The number of nitrogens with one attached hydrogen (secondary N) is 1. The number of rotatable bonds is 2. The van der Waals surface area contributed by atoms with Gasteiger partial charge in [-0.3, -0.25) is 0 Å². The molecule has 2 aromatic rings. The Hall–Kier alpha value is -1.76. The Morgan fingerprint density at radius 2 is 1.73 bits per heavy atom. The molecule has 0 aromatic heterocycles. The first kappa shape index (κ1) is 16.4. The van der Waals surface area contributed by atoms with Crippen molar-refractivity contribution in [1.82, 2.24) is 0 Å². The lowest BCUT2D eigenvalue weighted by Crippen LogP contribution is -2.57. The summed E-state index contributed by atoms with van der Waals surface area (Å²) in [5, 5.41) is 4.12. The van der Waals surface area contributed by atoms with Crippen molar-refractivity contribution in [3.63, 3.8) is 0 Å². The minimum absolute atomic E-state index is 0.0928. The molecule has 136 valence electrons. The van der Waals surface area contributed by atoms with E-state index in [0.717, 1.165) is 5.92 Å². The molecule has 3 aliphatic rings. The Kier molecular flexibility index (Phi) is 3.71. The highest BCUT2D eigenvalue weighted by Gasteiger charge is 2.63. The number of fused-ring (bicyclic) bond motifs is 1. The van der Waals surface area contributed by atoms with Crippen molar-refractivity contribution in [3.05, 3.63) is 65.2 Å². The molecule has 26 heavy (non-hydrogen) atoms. The summed E-state index contributed by atoms with van der Waals surface area (Å²) in [5.74, 6) is 1.41. The average Bonchev–Trinajstić information content (AvgIpc) is 2.98. The Morgan fingerprint density at radius 3 is 2.54 bits per heavy atom. The summed E-state index contributed by atoms with van der Waals surface area (Å²) >= 11 is 0. The highest BCUT2D eigenvalue weighted by Crippen LogP contribution is 2.66. The number of benzene rings is 2. The minimum atomic E-state index is 0.0928. The van der Waals surface area contributed by atoms with Crippen LogP contribution in [0, 0.1) is 5.92 Å². The number of anilines is 1. The van der Waals surface area contributed by atoms with Crippen LogP contribution in [0.3, 0.4) is 0 Å². The molecule has 0 saturated heterocycles. The van der Waals surface area contributed by atoms with E-state index in [1.54, 1.807) is 5.56 Å². The van der Waals surface area contributed by atoms with Gasteiger partial charge in [-0.15, -0.1) is 0 Å². The quantitative estimate of drug-likeness (QED) is 0.635. The molecule has 0 unspecified atom stereocenters. The number of hydrogen-bond donors (Lipinski definition) is 1. The predicted octanol–water partition coefficient (Wildman–Crippen LogP) is 6.74. The fourth-order valence-corrected chi connectivity index (χ4v) is 6.62. The van der Waals surface area contributed by atoms with Crippen molar-refractivity contribution >= 4 is 5.69 Å². The topological polar surface area (TPSA) is 12.0 Å². The molecule has 1 heterocycles. The summed E-state index contributed by atoms with van der Waals surface area (Å²) in [6.07, 6.45) is 9.55. The zero-order valence-corrected chi connectivity index (χ0v) is 16.2. The van der Waals surface area contributed by atoms with Crippen LogP contribution in [-0.2, 0) is 11.0 Å². The van der Waals surface area contributed by atoms with E-state index in [0.29, 0.717) is 5.92 Å². The lowest BCUT2D eigenvalue weighted by molar-refractivity contribution is 0.0564. The van der Waals surface area contributed by atoms with Crippen LogP contribution in [0.2, 0.25) is 0 Å². The molecule has 1 heteroatoms. The molecule has 2 fully saturated rings. The Bertz CT molecular complexity index is 806. The van der Waals surface area contributed by atoms with Crippen LogP contribution >= 0.6 is 0 Å². The zero-order valence-electron chi connectivity index (χ0n) is 16.2. The second kappa shape index (κ2) is 5.87. The van der Waals surface area contributed by atoms with E-state index in [1.165, 1.54) is 61.8 Å². The van der Waals surface area contributed by atoms with Crippen molar-refractivity contribution in [3.8, 4) is 0 Å². The van der Waals surface area contributed by atoms with E-state index in [1.807, 2.05) is 0 Å². The first-order valence-electron chi connectivity index (χ1n) is 10.7. The zero-order chi connectivity index (χ0) is 17.8. The highest BCUT2D eigenvalue weighted by molar-refractivity contribution is 5.68. The van der Waals surface area contributed by atoms with Crippen LogP contribution in [0.5, 0.6) is 0 Å². The standard InChI is InChI=1S/C25H31N/c1-18(2)19-13-14-23-22(17-19)24-15-7-6-9-20(24)12-8-16-25(24,26-23)21-10-4-3-5-11-21/h3-5,10-11,13-14,17-18,20,26H,6-9,12,15-16H2,1-2H3/t20-,24-,25-/m1/s1. The van der Waals surface area contributed by atoms with Crippen molar-refractivity contribution in [2.75, 3.05) is 5.32 Å². The third-order valence-electron chi connectivity index (χ3n) is 7.74. The maximum atomic E-state index is 4.12. The Balaban J connectivity index is 1.77. The van der Waals surface area contributed by atoms with Crippen molar-refractivity contribution < 1.29 is 0 Å². The molecular formula is C25H31N. The third kappa shape index (κ3) is 2.03. The molecule has 2 aliphatic carbocycles. The van der Waals surface area contributed by atoms with E-state index >= 15 is 0 Å². The molecule has 0 radical (unpaired) electrons. The molecule has 0 amide bonds. The monoisotopic (exact) mass is 345 g/mol. The molecule has 1 aliphatic heterocycles. The second-order valence-corrected chi connectivity index (χ2v) is 9.16. The first-order valence-corrected chi connectivity index (χ1v) is 10.7. The molecule has 0 bridgehead atoms. The van der Waals surface area contributed by atoms with Gasteiger partial charge in [0.2, 0.25) is 0 Å². The van der Waals surface area contributed by atoms with Gasteiger partial charge in [-0.2, -0.15) is 0 Å². The Morgan fingerprint density at radius 1 is 0.923 bits per heavy atom. The summed E-state index contributed by atoms with van der Waals surface area (Å²) in [5.41, 5.74) is 6.43. The largest absolute Gasteiger partial charge is 0.374 e. The van der Waals surface area contributed by atoms with Gasteiger partial charge in [0.15, 0.2) is 0 Å². The fourth-order valence-electron chi connectivity index (χ4n) is 6.62. The maximum Gasteiger partial charge on any atom is 0.0725 e. The molecule has 2 saturated carbocycles. The Labute approximate surface area is 158 Å². The van der Waals surface area contributed by atoms with Crippen LogP contribution in [0.15, 0.2) is 48.5 Å². The van der Waals surface area contributed by atoms with E-state index in [2.05, 4.69) is 67.7 Å². The lowest BCUT2D eigenvalue weighted by Gasteiger charge is -2.57. The first-order chi connectivity index (χ1) is 12.7. The SMILES string of the molecule is CC(C)c1ccc2c(c1)[C@@]13CCCC[C@@H]1CCC[C@]3(c1ccccc1)N2. The van der Waals surface area contributed by atoms with Crippen molar-refractivity contribution in [2.45, 2.75) is 75.7 Å². The summed E-state index contributed by atoms with van der Waals surface area (Å²) in [6.45, 7) is 4.65. The molecule has 3 atom stereocenters. The average molecular weight is 346 g/mol. The van der Waals surface area contributed by atoms with Crippen molar-refractivity contribution in [1.29, 1.82) is 0 Å². The van der Waals surface area contributed by atoms with Crippen LogP contribution in [0.25, 0.3) is 0 Å². The van der Waals surface area contributed by atoms with Gasteiger partial charge in [-0.1, -0.05) is 75.6 Å². The van der Waals surface area contributed by atoms with Gasteiger partial charge < -0.3 is 5.32 Å². The summed E-state index contributed by atoms with van der Waals surface area (Å²) < 4.78 is 0. The summed E-state index contributed by atoms with van der Waals surface area (Å²) in [4.78, 5) is 0. The van der Waals surface area contributed by atoms with Crippen LogP contribution in [0.1, 0.15) is 81.4 Å². The minimum Gasteiger partial charge on any atom is -0.374 e. The second-order valence-electron chi connectivity index (χ2n) is 9.16. The van der Waals surface area contributed by atoms with Gasteiger partial charge in [-0.25, -0.2) is 0 Å². The van der Waals surface area contributed by atoms with Gasteiger partial charge in [0, 0.05) is 11.1 Å². The molecule has 1 nitrogen and oxygen atoms in total. The molecule has 1 N–H and O–H groups in total. The number of hydrogen-bond acceptors (Lipinski definition) is 1. The predicted molar refractivity (Wildman–Crippen MR) is 110 cm³/mol. The lowest BCUT2D eigenvalue weighted by atomic mass is 9.48. The van der Waals surface area contributed by atoms with Gasteiger partial charge in [0.05, 0.1) is 5.54 Å².